The molecule has 0 aromatic heterocycles. The first-order valence-electron chi connectivity index (χ1n) is 15.7. The standard InChI is InChI=1S/C31H64N2O/c1-30(2)28-26-24-22-20-18-16-14-12-10-8-6-4-3-5-7-9-11-13-15-17-19-21-23-25-27-29-33-31(32)34/h30H,3-29H2,1-2H3,(H3,32,33,34). The third-order valence-corrected chi connectivity index (χ3v) is 7.26. The van der Waals surface area contributed by atoms with Gasteiger partial charge in [0.1, 0.15) is 0 Å². The maximum absolute atomic E-state index is 10.6. The molecule has 0 bridgehead atoms. The summed E-state index contributed by atoms with van der Waals surface area (Å²) in [5, 5.41) is 2.65. The highest BCUT2D eigenvalue weighted by Gasteiger charge is 1.97. The lowest BCUT2D eigenvalue weighted by molar-refractivity contribution is 0.248. The molecule has 3 nitrogen and oxygen atoms in total. The Labute approximate surface area is 215 Å². The van der Waals surface area contributed by atoms with E-state index in [1.807, 2.05) is 0 Å². The van der Waals surface area contributed by atoms with E-state index in [1.165, 1.54) is 161 Å². The number of hydrogen-bond acceptors (Lipinski definition) is 1. The summed E-state index contributed by atoms with van der Waals surface area (Å²) in [4.78, 5) is 10.6. The van der Waals surface area contributed by atoms with Gasteiger partial charge < -0.3 is 11.1 Å². The number of carbonyl (C=O) groups is 1. The van der Waals surface area contributed by atoms with E-state index < -0.39 is 6.03 Å². The molecule has 0 spiro atoms. The van der Waals surface area contributed by atoms with Crippen LogP contribution in [0.3, 0.4) is 0 Å². The highest BCUT2D eigenvalue weighted by Crippen LogP contribution is 2.16. The van der Waals surface area contributed by atoms with Gasteiger partial charge in [0.05, 0.1) is 0 Å². The topological polar surface area (TPSA) is 55.1 Å². The summed E-state index contributed by atoms with van der Waals surface area (Å²) in [6.07, 6.45) is 36.8. The Morgan fingerprint density at radius 1 is 0.471 bits per heavy atom. The fraction of sp³-hybridized carbons (Fsp3) is 0.968. The Morgan fingerprint density at radius 3 is 0.941 bits per heavy atom. The Kier molecular flexibility index (Phi) is 27.9. The average Bonchev–Trinajstić information content (AvgIpc) is 2.80. The van der Waals surface area contributed by atoms with Crippen LogP contribution in [0, 0.1) is 5.92 Å². The number of urea groups is 1. The molecule has 0 aliphatic rings. The Balaban J connectivity index is 3.02. The molecular weight excluding hydrogens is 416 g/mol. The van der Waals surface area contributed by atoms with Gasteiger partial charge in [0.15, 0.2) is 0 Å². The number of rotatable bonds is 28. The molecule has 0 saturated carbocycles. The van der Waals surface area contributed by atoms with Gasteiger partial charge in [0, 0.05) is 6.54 Å². The summed E-state index contributed by atoms with van der Waals surface area (Å²) < 4.78 is 0. The van der Waals surface area contributed by atoms with Crippen LogP contribution in [0.5, 0.6) is 0 Å². The number of primary amides is 1. The molecule has 0 unspecified atom stereocenters. The molecule has 0 saturated heterocycles. The zero-order valence-electron chi connectivity index (χ0n) is 23.7. The molecule has 0 fully saturated rings. The Bertz CT molecular complexity index is 397. The van der Waals surface area contributed by atoms with E-state index in [0.717, 1.165) is 18.9 Å². The summed E-state index contributed by atoms with van der Waals surface area (Å²) in [5.41, 5.74) is 5.05. The molecule has 0 aliphatic heterocycles. The van der Waals surface area contributed by atoms with Crippen LogP contribution in [0.1, 0.15) is 181 Å². The van der Waals surface area contributed by atoms with E-state index in [2.05, 4.69) is 19.2 Å². The predicted octanol–water partition coefficient (Wildman–Crippen LogP) is 10.5. The quantitative estimate of drug-likeness (QED) is 0.107. The highest BCUT2D eigenvalue weighted by molar-refractivity contribution is 5.71. The van der Waals surface area contributed by atoms with Gasteiger partial charge in [0.2, 0.25) is 0 Å². The van der Waals surface area contributed by atoms with Crippen LogP contribution in [0.4, 0.5) is 4.79 Å². The molecule has 0 aromatic carbocycles. The van der Waals surface area contributed by atoms with Crippen molar-refractivity contribution >= 4 is 6.03 Å². The lowest BCUT2D eigenvalue weighted by atomic mass is 10.0. The van der Waals surface area contributed by atoms with E-state index in [9.17, 15) is 4.79 Å². The first-order chi connectivity index (χ1) is 16.6. The first-order valence-corrected chi connectivity index (χ1v) is 15.7. The zero-order chi connectivity index (χ0) is 25.0. The summed E-state index contributed by atoms with van der Waals surface area (Å²) in [6, 6.07) is -0.398. The Morgan fingerprint density at radius 2 is 0.706 bits per heavy atom. The normalized spacial score (nSPS) is 11.4. The fourth-order valence-electron chi connectivity index (χ4n) is 4.96. The van der Waals surface area contributed by atoms with E-state index >= 15 is 0 Å². The van der Waals surface area contributed by atoms with Crippen molar-refractivity contribution in [2.45, 2.75) is 181 Å². The SMILES string of the molecule is CC(C)CCCCCCCCCCCCCCCCCCCCCCCCCCCNC(N)=O. The van der Waals surface area contributed by atoms with Crippen molar-refractivity contribution in [3.63, 3.8) is 0 Å². The summed E-state index contributed by atoms with van der Waals surface area (Å²) >= 11 is 0. The van der Waals surface area contributed by atoms with Crippen LogP contribution in [-0.2, 0) is 0 Å². The number of nitrogens with two attached hydrogens (primary N) is 1. The number of amides is 2. The average molecular weight is 481 g/mol. The predicted molar refractivity (Wildman–Crippen MR) is 152 cm³/mol. The Hall–Kier alpha value is -0.730. The van der Waals surface area contributed by atoms with E-state index in [1.54, 1.807) is 0 Å². The van der Waals surface area contributed by atoms with Gasteiger partial charge in [0.25, 0.3) is 0 Å². The fourth-order valence-corrected chi connectivity index (χ4v) is 4.96. The molecule has 0 atom stereocenters. The second-order valence-corrected chi connectivity index (χ2v) is 11.3. The molecule has 0 aliphatic carbocycles. The monoisotopic (exact) mass is 481 g/mol. The van der Waals surface area contributed by atoms with Crippen molar-refractivity contribution in [3.05, 3.63) is 0 Å². The minimum Gasteiger partial charge on any atom is -0.352 e. The third kappa shape index (κ3) is 31.3. The highest BCUT2D eigenvalue weighted by atomic mass is 16.2. The number of carbonyl (C=O) groups excluding carboxylic acids is 1. The molecule has 204 valence electrons. The van der Waals surface area contributed by atoms with Crippen LogP contribution < -0.4 is 11.1 Å². The van der Waals surface area contributed by atoms with Gasteiger partial charge in [-0.25, -0.2) is 4.79 Å². The van der Waals surface area contributed by atoms with Crippen LogP contribution in [0.25, 0.3) is 0 Å². The number of hydrogen-bond donors (Lipinski definition) is 2. The molecule has 0 rings (SSSR count). The third-order valence-electron chi connectivity index (χ3n) is 7.26. The van der Waals surface area contributed by atoms with Gasteiger partial charge >= 0.3 is 6.03 Å². The molecule has 3 N–H and O–H groups in total. The summed E-state index contributed by atoms with van der Waals surface area (Å²) in [7, 11) is 0. The second kappa shape index (κ2) is 28.5. The van der Waals surface area contributed by atoms with E-state index in [0.29, 0.717) is 0 Å². The second-order valence-electron chi connectivity index (χ2n) is 11.3. The van der Waals surface area contributed by atoms with Crippen molar-refractivity contribution in [1.29, 1.82) is 0 Å². The van der Waals surface area contributed by atoms with Crippen LogP contribution in [0.15, 0.2) is 0 Å². The van der Waals surface area contributed by atoms with E-state index in [4.69, 9.17) is 5.73 Å². The largest absolute Gasteiger partial charge is 0.352 e. The molecule has 34 heavy (non-hydrogen) atoms. The lowest BCUT2D eigenvalue weighted by Crippen LogP contribution is -2.29. The maximum atomic E-state index is 10.6. The number of unbranched alkanes of at least 4 members (excludes halogenated alkanes) is 24. The molecule has 0 heterocycles. The molecular formula is C31H64N2O. The van der Waals surface area contributed by atoms with Gasteiger partial charge in [-0.15, -0.1) is 0 Å². The maximum Gasteiger partial charge on any atom is 0.312 e. The first kappa shape index (κ1) is 33.3. The van der Waals surface area contributed by atoms with Crippen molar-refractivity contribution in [3.8, 4) is 0 Å². The van der Waals surface area contributed by atoms with Crippen molar-refractivity contribution in [2.75, 3.05) is 6.54 Å². The summed E-state index contributed by atoms with van der Waals surface area (Å²) in [5.74, 6) is 0.888. The van der Waals surface area contributed by atoms with Crippen molar-refractivity contribution in [1.82, 2.24) is 5.32 Å². The van der Waals surface area contributed by atoms with Crippen molar-refractivity contribution < 1.29 is 4.79 Å². The minimum absolute atomic E-state index is 0.398. The van der Waals surface area contributed by atoms with Crippen LogP contribution >= 0.6 is 0 Å². The van der Waals surface area contributed by atoms with Gasteiger partial charge in [-0.05, 0) is 12.3 Å². The lowest BCUT2D eigenvalue weighted by Gasteiger charge is -2.05. The van der Waals surface area contributed by atoms with E-state index in [-0.39, 0.29) is 0 Å². The van der Waals surface area contributed by atoms with Crippen LogP contribution in [0.2, 0.25) is 0 Å². The minimum atomic E-state index is -0.398. The van der Waals surface area contributed by atoms with Gasteiger partial charge in [-0.2, -0.15) is 0 Å². The zero-order valence-corrected chi connectivity index (χ0v) is 23.7. The molecule has 2 amide bonds. The number of nitrogens with one attached hydrogen (secondary N) is 1. The van der Waals surface area contributed by atoms with Crippen LogP contribution in [-0.4, -0.2) is 12.6 Å². The molecule has 0 radical (unpaired) electrons. The van der Waals surface area contributed by atoms with Crippen molar-refractivity contribution in [2.24, 2.45) is 11.7 Å². The van der Waals surface area contributed by atoms with Gasteiger partial charge in [-0.1, -0.05) is 174 Å². The summed E-state index contributed by atoms with van der Waals surface area (Å²) in [6.45, 7) is 5.41. The molecule has 3 heteroatoms. The molecule has 0 aromatic rings. The smallest absolute Gasteiger partial charge is 0.312 e. The van der Waals surface area contributed by atoms with Gasteiger partial charge in [-0.3, -0.25) is 0 Å².